The average molecular weight is 761 g/mol. The minimum absolute atomic E-state index is 0.0939. The van der Waals surface area contributed by atoms with Crippen LogP contribution in [0.1, 0.15) is 48.4 Å². The lowest BCUT2D eigenvalue weighted by molar-refractivity contribution is -0.0442. The maximum absolute atomic E-state index is 13.1. The number of carbonyl (C=O) groups is 2. The Labute approximate surface area is 298 Å². The van der Waals surface area contributed by atoms with E-state index in [2.05, 4.69) is 20.6 Å². The number of morpholine rings is 2. The average Bonchev–Trinajstić information content (AvgIpc) is 3.73. The van der Waals surface area contributed by atoms with Gasteiger partial charge in [0.15, 0.2) is 10.3 Å². The smallest absolute Gasteiger partial charge is 0.257 e. The first-order chi connectivity index (χ1) is 23.7. The summed E-state index contributed by atoms with van der Waals surface area (Å²) in [5.41, 5.74) is 1.50. The largest absolute Gasteiger partial charge is 0.373 e. The second-order valence-corrected chi connectivity index (χ2v) is 17.8. The highest BCUT2D eigenvalue weighted by Crippen LogP contribution is 2.29. The highest BCUT2D eigenvalue weighted by Gasteiger charge is 2.33. The van der Waals surface area contributed by atoms with Crippen LogP contribution in [0.15, 0.2) is 69.1 Å². The number of nitrogens with zero attached hydrogens (tertiary/aromatic N) is 4. The van der Waals surface area contributed by atoms with E-state index in [0.717, 1.165) is 0 Å². The molecule has 6 rings (SSSR count). The van der Waals surface area contributed by atoms with Gasteiger partial charge in [-0.1, -0.05) is 0 Å². The summed E-state index contributed by atoms with van der Waals surface area (Å²) < 4.78 is 66.6. The Morgan fingerprint density at radius 3 is 1.26 bits per heavy atom. The predicted octanol–water partition coefficient (Wildman–Crippen LogP) is 4.37. The lowest BCUT2D eigenvalue weighted by Crippen LogP contribution is -2.48. The van der Waals surface area contributed by atoms with Gasteiger partial charge in [-0.25, -0.2) is 26.8 Å². The van der Waals surface area contributed by atoms with Crippen molar-refractivity contribution in [2.24, 2.45) is 0 Å². The number of thiazole rings is 2. The number of sulfonamides is 2. The Kier molecular flexibility index (Phi) is 10.5. The van der Waals surface area contributed by atoms with Gasteiger partial charge < -0.3 is 9.47 Å². The van der Waals surface area contributed by atoms with Gasteiger partial charge in [0.25, 0.3) is 11.8 Å². The molecule has 0 bridgehead atoms. The molecule has 0 saturated carbocycles. The third kappa shape index (κ3) is 7.97. The molecule has 0 radical (unpaired) electrons. The second kappa shape index (κ2) is 14.5. The van der Waals surface area contributed by atoms with E-state index < -0.39 is 31.9 Å². The van der Waals surface area contributed by atoms with Gasteiger partial charge in [0, 0.05) is 48.1 Å². The molecule has 4 atom stereocenters. The number of hydrogen-bond donors (Lipinski definition) is 2. The number of amides is 2. The van der Waals surface area contributed by atoms with Crippen molar-refractivity contribution in [3.05, 3.63) is 70.4 Å². The van der Waals surface area contributed by atoms with Gasteiger partial charge in [-0.05, 0) is 76.2 Å². The minimum Gasteiger partial charge on any atom is -0.373 e. The van der Waals surface area contributed by atoms with Crippen LogP contribution in [0, 0.1) is 0 Å². The number of nitrogens with one attached hydrogen (secondary N) is 2. The van der Waals surface area contributed by atoms with Gasteiger partial charge in [0.1, 0.15) is 11.4 Å². The monoisotopic (exact) mass is 760 g/mol. The van der Waals surface area contributed by atoms with Gasteiger partial charge in [0.2, 0.25) is 20.0 Å². The Balaban J connectivity index is 1.05. The number of rotatable bonds is 9. The normalized spacial score (nSPS) is 22.2. The third-order valence-electron chi connectivity index (χ3n) is 7.99. The molecule has 14 nitrogen and oxygen atoms in total. The van der Waals surface area contributed by atoms with E-state index in [0.29, 0.717) is 21.7 Å². The zero-order valence-corrected chi connectivity index (χ0v) is 30.9. The molecule has 4 heterocycles. The molecule has 4 aromatic rings. The van der Waals surface area contributed by atoms with Crippen LogP contribution in [0.5, 0.6) is 0 Å². The number of benzene rings is 2. The van der Waals surface area contributed by atoms with Crippen LogP contribution in [0.25, 0.3) is 11.4 Å². The zero-order chi connectivity index (χ0) is 35.8. The third-order valence-corrected chi connectivity index (χ3v) is 13.2. The van der Waals surface area contributed by atoms with Gasteiger partial charge in [0.05, 0.1) is 34.2 Å². The number of ether oxygens (including phenoxy) is 2. The minimum atomic E-state index is -3.74. The first-order valence-electron chi connectivity index (χ1n) is 15.7. The number of hydrogen-bond acceptors (Lipinski definition) is 12. The molecule has 2 amide bonds. The van der Waals surface area contributed by atoms with E-state index in [4.69, 9.17) is 9.47 Å². The van der Waals surface area contributed by atoms with E-state index in [1.807, 2.05) is 27.7 Å². The van der Waals surface area contributed by atoms with Crippen LogP contribution in [0.4, 0.5) is 10.3 Å². The molecule has 0 aliphatic carbocycles. The van der Waals surface area contributed by atoms with Crippen molar-refractivity contribution in [2.45, 2.75) is 61.9 Å². The highest BCUT2D eigenvalue weighted by atomic mass is 32.2. The molecule has 2 aromatic carbocycles. The number of aromatic nitrogens is 2. The topological polar surface area (TPSA) is 177 Å². The molecule has 2 saturated heterocycles. The summed E-state index contributed by atoms with van der Waals surface area (Å²) in [6.07, 6.45) is -0.874. The highest BCUT2D eigenvalue weighted by molar-refractivity contribution is 7.89. The summed E-state index contributed by atoms with van der Waals surface area (Å²) in [4.78, 5) is 34.9. The quantitative estimate of drug-likeness (QED) is 0.249. The Morgan fingerprint density at radius 1 is 0.620 bits per heavy atom. The molecular weight excluding hydrogens is 725 g/mol. The number of anilines is 2. The van der Waals surface area contributed by atoms with Crippen LogP contribution in [-0.2, 0) is 29.5 Å². The molecule has 266 valence electrons. The summed E-state index contributed by atoms with van der Waals surface area (Å²) in [6.45, 7) is 8.33. The van der Waals surface area contributed by atoms with E-state index in [9.17, 15) is 26.4 Å². The van der Waals surface area contributed by atoms with Crippen LogP contribution < -0.4 is 10.6 Å². The summed E-state index contributed by atoms with van der Waals surface area (Å²) in [5, 5.41) is 9.51. The summed E-state index contributed by atoms with van der Waals surface area (Å²) >= 11 is 2.38. The maximum atomic E-state index is 13.1. The molecular formula is C32H36N6O8S4. The van der Waals surface area contributed by atoms with Gasteiger partial charge in [-0.15, -0.1) is 22.7 Å². The van der Waals surface area contributed by atoms with E-state index >= 15 is 0 Å². The lowest BCUT2D eigenvalue weighted by atomic mass is 10.2. The van der Waals surface area contributed by atoms with Gasteiger partial charge in [-0.2, -0.15) is 8.61 Å². The number of carbonyl (C=O) groups excluding carboxylic acids is 2. The van der Waals surface area contributed by atoms with Crippen molar-refractivity contribution in [3.8, 4) is 11.4 Å². The van der Waals surface area contributed by atoms with Crippen LogP contribution in [0.3, 0.4) is 0 Å². The maximum Gasteiger partial charge on any atom is 0.257 e. The molecule has 2 fully saturated rings. The fourth-order valence-electron chi connectivity index (χ4n) is 5.74. The summed E-state index contributed by atoms with van der Waals surface area (Å²) in [6, 6.07) is 11.5. The molecule has 2 aliphatic heterocycles. The van der Waals surface area contributed by atoms with Crippen molar-refractivity contribution in [3.63, 3.8) is 0 Å². The van der Waals surface area contributed by atoms with Crippen molar-refractivity contribution in [1.29, 1.82) is 0 Å². The van der Waals surface area contributed by atoms with E-state index in [1.165, 1.54) is 79.8 Å². The fraction of sp³-hybridized carbons (Fsp3) is 0.375. The Morgan fingerprint density at radius 2 is 0.940 bits per heavy atom. The van der Waals surface area contributed by atoms with Gasteiger partial charge >= 0.3 is 0 Å². The van der Waals surface area contributed by atoms with E-state index in [-0.39, 0.29) is 71.5 Å². The van der Waals surface area contributed by atoms with Crippen molar-refractivity contribution in [2.75, 3.05) is 36.8 Å². The predicted molar refractivity (Wildman–Crippen MR) is 190 cm³/mol. The second-order valence-electron chi connectivity index (χ2n) is 12.2. The fourth-order valence-corrected chi connectivity index (χ4v) is 10.3. The summed E-state index contributed by atoms with van der Waals surface area (Å²) in [7, 11) is -7.48. The molecule has 18 heteroatoms. The standard InChI is InChI=1S/C32H36N6O8S4/c1-19-13-37(14-20(2)45-19)49(41,42)25-9-5-23(6-10-25)29(39)35-31-33-27(17-47-31)28-18-48-32(34-28)36-30(40)24-7-11-26(12-8-24)50(43,44)38-15-21(3)46-22(4)16-38/h5-12,17-22H,13-16H2,1-4H3,(H,33,35,39)(H,34,36,40). The molecule has 0 spiro atoms. The Hall–Kier alpha value is -3.62. The molecule has 2 aromatic heterocycles. The molecule has 50 heavy (non-hydrogen) atoms. The molecule has 4 unspecified atom stereocenters. The molecule has 2 aliphatic rings. The van der Waals surface area contributed by atoms with E-state index in [1.54, 1.807) is 10.8 Å². The first-order valence-corrected chi connectivity index (χ1v) is 20.4. The SMILES string of the molecule is CC1CN(S(=O)(=O)c2ccc(C(=O)Nc3nc(-c4csc(NC(=O)c5ccc(S(=O)(=O)N6CC(C)OC(C)C6)cc5)n4)cs3)cc2)CC(C)O1. The van der Waals surface area contributed by atoms with Crippen molar-refractivity contribution >= 4 is 64.8 Å². The van der Waals surface area contributed by atoms with Crippen molar-refractivity contribution < 1.29 is 35.9 Å². The van der Waals surface area contributed by atoms with Crippen LogP contribution in [0.2, 0.25) is 0 Å². The zero-order valence-electron chi connectivity index (χ0n) is 27.6. The first kappa shape index (κ1) is 36.2. The summed E-state index contributed by atoms with van der Waals surface area (Å²) in [5.74, 6) is -0.912. The molecule has 2 N–H and O–H groups in total. The van der Waals surface area contributed by atoms with Crippen LogP contribution in [-0.4, -0.2) is 97.8 Å². The lowest BCUT2D eigenvalue weighted by Gasteiger charge is -2.34. The van der Waals surface area contributed by atoms with Gasteiger partial charge in [-0.3, -0.25) is 20.2 Å². The van der Waals surface area contributed by atoms with Crippen molar-refractivity contribution in [1.82, 2.24) is 18.6 Å². The van der Waals surface area contributed by atoms with Crippen LogP contribution >= 0.6 is 22.7 Å². The Bertz CT molecular complexity index is 1910.